The minimum Gasteiger partial charge on any atom is -0.306 e. The van der Waals surface area contributed by atoms with Crippen molar-refractivity contribution >= 4 is 33.3 Å². The van der Waals surface area contributed by atoms with Gasteiger partial charge in [0.25, 0.3) is 0 Å². The number of fused-ring (bicyclic) bond motifs is 1. The maximum atomic E-state index is 4.65. The van der Waals surface area contributed by atoms with Crippen LogP contribution >= 0.6 is 27.7 Å². The molecule has 0 radical (unpaired) electrons. The Morgan fingerprint density at radius 1 is 1.44 bits per heavy atom. The second kappa shape index (κ2) is 4.41. The molecule has 2 aromatic heterocycles. The number of hydrogen-bond acceptors (Lipinski definition) is 2. The highest BCUT2D eigenvalue weighted by Gasteiger charge is 2.17. The number of pyridine rings is 1. The molecule has 1 atom stereocenters. The monoisotopic (exact) mass is 296 g/mol. The van der Waals surface area contributed by atoms with Gasteiger partial charge in [0, 0.05) is 16.9 Å². The molecule has 1 fully saturated rings. The molecule has 1 saturated heterocycles. The summed E-state index contributed by atoms with van der Waals surface area (Å²) in [6.45, 7) is 0. The Kier molecular flexibility index (Phi) is 2.94. The Morgan fingerprint density at radius 2 is 2.38 bits per heavy atom. The molecule has 0 aromatic carbocycles. The van der Waals surface area contributed by atoms with Crippen LogP contribution in [0.15, 0.2) is 29.0 Å². The van der Waals surface area contributed by atoms with Gasteiger partial charge < -0.3 is 4.40 Å². The van der Waals surface area contributed by atoms with Gasteiger partial charge in [-0.2, -0.15) is 11.8 Å². The summed E-state index contributed by atoms with van der Waals surface area (Å²) in [6.07, 6.45) is 6.70. The van der Waals surface area contributed by atoms with Crippen molar-refractivity contribution in [3.05, 3.63) is 34.7 Å². The van der Waals surface area contributed by atoms with E-state index in [1.54, 1.807) is 0 Å². The Morgan fingerprint density at radius 3 is 3.19 bits per heavy atom. The quantitative estimate of drug-likeness (QED) is 0.845. The summed E-state index contributed by atoms with van der Waals surface area (Å²) in [5.41, 5.74) is 2.27. The summed E-state index contributed by atoms with van der Waals surface area (Å²) in [4.78, 5) is 4.65. The lowest BCUT2D eigenvalue weighted by atomic mass is 10.0. The van der Waals surface area contributed by atoms with Gasteiger partial charge in [0.05, 0.1) is 5.69 Å². The summed E-state index contributed by atoms with van der Waals surface area (Å²) in [7, 11) is 0. The van der Waals surface area contributed by atoms with Gasteiger partial charge >= 0.3 is 0 Å². The lowest BCUT2D eigenvalue weighted by molar-refractivity contribution is 0.589. The van der Waals surface area contributed by atoms with E-state index in [1.807, 2.05) is 6.07 Å². The highest BCUT2D eigenvalue weighted by atomic mass is 79.9. The second-order valence-corrected chi connectivity index (χ2v) is 6.34. The van der Waals surface area contributed by atoms with E-state index in [9.17, 15) is 0 Å². The first-order valence-corrected chi connectivity index (χ1v) is 7.47. The average Bonchev–Trinajstić information content (AvgIpc) is 2.86. The van der Waals surface area contributed by atoms with E-state index in [0.717, 1.165) is 22.5 Å². The first kappa shape index (κ1) is 10.7. The van der Waals surface area contributed by atoms with Crippen LogP contribution in [0.25, 0.3) is 5.65 Å². The third kappa shape index (κ3) is 2.13. The molecule has 4 heteroatoms. The van der Waals surface area contributed by atoms with E-state index in [0.29, 0.717) is 0 Å². The van der Waals surface area contributed by atoms with Gasteiger partial charge in [0.1, 0.15) is 5.65 Å². The number of halogens is 1. The molecule has 0 bridgehead atoms. The van der Waals surface area contributed by atoms with Crippen LogP contribution in [0.1, 0.15) is 12.1 Å². The molecule has 2 nitrogen and oxygen atoms in total. The van der Waals surface area contributed by atoms with Crippen molar-refractivity contribution in [2.45, 2.75) is 12.8 Å². The van der Waals surface area contributed by atoms with Crippen molar-refractivity contribution in [2.75, 3.05) is 11.5 Å². The average molecular weight is 297 g/mol. The zero-order valence-electron chi connectivity index (χ0n) is 8.90. The van der Waals surface area contributed by atoms with E-state index in [1.165, 1.54) is 23.6 Å². The molecule has 1 aliphatic heterocycles. The predicted octanol–water partition coefficient (Wildman–Crippen LogP) is 3.39. The van der Waals surface area contributed by atoms with Crippen LogP contribution in [0.4, 0.5) is 0 Å². The van der Waals surface area contributed by atoms with Crippen molar-refractivity contribution in [1.29, 1.82) is 0 Å². The summed E-state index contributed by atoms with van der Waals surface area (Å²) in [5.74, 6) is 3.46. The van der Waals surface area contributed by atoms with Gasteiger partial charge in [-0.15, -0.1) is 0 Å². The van der Waals surface area contributed by atoms with Crippen LogP contribution in [-0.4, -0.2) is 20.9 Å². The van der Waals surface area contributed by atoms with E-state index in [-0.39, 0.29) is 0 Å². The number of imidazole rings is 1. The predicted molar refractivity (Wildman–Crippen MR) is 72.0 cm³/mol. The number of nitrogens with zero attached hydrogens (tertiary/aromatic N) is 2. The number of rotatable bonds is 2. The van der Waals surface area contributed by atoms with Gasteiger partial charge in [0.15, 0.2) is 0 Å². The Hall–Kier alpha value is -0.480. The summed E-state index contributed by atoms with van der Waals surface area (Å²) >= 11 is 5.55. The molecular weight excluding hydrogens is 284 g/mol. The van der Waals surface area contributed by atoms with Crippen molar-refractivity contribution in [1.82, 2.24) is 9.38 Å². The largest absolute Gasteiger partial charge is 0.306 e. The molecule has 0 saturated carbocycles. The fraction of sp³-hybridized carbons (Fsp3) is 0.417. The van der Waals surface area contributed by atoms with Crippen molar-refractivity contribution < 1.29 is 0 Å². The van der Waals surface area contributed by atoms with E-state index in [2.05, 4.69) is 55.5 Å². The first-order valence-electron chi connectivity index (χ1n) is 5.52. The lowest BCUT2D eigenvalue weighted by Gasteiger charge is -2.03. The van der Waals surface area contributed by atoms with Gasteiger partial charge in [-0.3, -0.25) is 0 Å². The van der Waals surface area contributed by atoms with Crippen LogP contribution in [0.2, 0.25) is 0 Å². The minimum absolute atomic E-state index is 0.832. The number of hydrogen-bond donors (Lipinski definition) is 0. The van der Waals surface area contributed by atoms with Crippen molar-refractivity contribution in [3.63, 3.8) is 0 Å². The molecule has 0 aliphatic carbocycles. The van der Waals surface area contributed by atoms with Gasteiger partial charge in [-0.05, 0) is 58.3 Å². The molecule has 2 aromatic rings. The fourth-order valence-corrected chi connectivity index (χ4v) is 3.79. The smallest absolute Gasteiger partial charge is 0.137 e. The van der Waals surface area contributed by atoms with Crippen LogP contribution < -0.4 is 0 Å². The Balaban J connectivity index is 1.86. The SMILES string of the molecule is Brc1ccc2nc(CC3CCSC3)cn2c1. The third-order valence-corrected chi connectivity index (χ3v) is 4.69. The van der Waals surface area contributed by atoms with E-state index < -0.39 is 0 Å². The van der Waals surface area contributed by atoms with Gasteiger partial charge in [-0.1, -0.05) is 0 Å². The topological polar surface area (TPSA) is 17.3 Å². The summed E-state index contributed by atoms with van der Waals surface area (Å²) < 4.78 is 3.20. The molecule has 16 heavy (non-hydrogen) atoms. The standard InChI is InChI=1S/C12H13BrN2S/c13-10-1-2-12-14-11(7-15(12)6-10)5-9-3-4-16-8-9/h1-2,6-7,9H,3-5,8H2. The highest BCUT2D eigenvalue weighted by molar-refractivity contribution is 9.10. The first-order chi connectivity index (χ1) is 7.81. The molecule has 1 unspecified atom stereocenters. The van der Waals surface area contributed by atoms with E-state index in [4.69, 9.17) is 0 Å². The van der Waals surface area contributed by atoms with Crippen LogP contribution in [0, 0.1) is 5.92 Å². The maximum Gasteiger partial charge on any atom is 0.137 e. The van der Waals surface area contributed by atoms with Crippen molar-refractivity contribution in [3.8, 4) is 0 Å². The zero-order chi connectivity index (χ0) is 11.0. The molecular formula is C12H13BrN2S. The molecule has 1 aliphatic rings. The highest BCUT2D eigenvalue weighted by Crippen LogP contribution is 2.26. The van der Waals surface area contributed by atoms with Gasteiger partial charge in [-0.25, -0.2) is 4.98 Å². The Bertz CT molecular complexity index is 503. The van der Waals surface area contributed by atoms with Crippen LogP contribution in [0.5, 0.6) is 0 Å². The second-order valence-electron chi connectivity index (χ2n) is 4.28. The molecule has 0 amide bonds. The van der Waals surface area contributed by atoms with Gasteiger partial charge in [0.2, 0.25) is 0 Å². The third-order valence-electron chi connectivity index (χ3n) is 2.99. The molecule has 84 valence electrons. The zero-order valence-corrected chi connectivity index (χ0v) is 11.3. The summed E-state index contributed by atoms with van der Waals surface area (Å²) in [6, 6.07) is 4.09. The number of aromatic nitrogens is 2. The molecule has 3 rings (SSSR count). The molecule has 0 N–H and O–H groups in total. The van der Waals surface area contributed by atoms with Crippen LogP contribution in [-0.2, 0) is 6.42 Å². The number of thioether (sulfide) groups is 1. The van der Waals surface area contributed by atoms with Crippen LogP contribution in [0.3, 0.4) is 0 Å². The minimum atomic E-state index is 0.832. The lowest BCUT2D eigenvalue weighted by Crippen LogP contribution is -2.02. The maximum absolute atomic E-state index is 4.65. The Labute approximate surface area is 108 Å². The van der Waals surface area contributed by atoms with Crippen molar-refractivity contribution in [2.24, 2.45) is 5.92 Å². The van der Waals surface area contributed by atoms with E-state index >= 15 is 0 Å². The molecule has 3 heterocycles. The fourth-order valence-electron chi connectivity index (χ4n) is 2.16. The normalized spacial score (nSPS) is 20.7. The molecule has 0 spiro atoms. The summed E-state index contributed by atoms with van der Waals surface area (Å²) in [5, 5.41) is 0.